The molecular formula is C12H25N3O. The van der Waals surface area contributed by atoms with Crippen molar-refractivity contribution in [1.29, 1.82) is 0 Å². The van der Waals surface area contributed by atoms with Gasteiger partial charge >= 0.3 is 0 Å². The van der Waals surface area contributed by atoms with Crippen molar-refractivity contribution < 1.29 is 4.74 Å². The molecule has 0 saturated heterocycles. The van der Waals surface area contributed by atoms with Crippen LogP contribution in [0.5, 0.6) is 0 Å². The summed E-state index contributed by atoms with van der Waals surface area (Å²) in [5.74, 6) is 1.52. The Morgan fingerprint density at radius 1 is 1.25 bits per heavy atom. The number of aliphatic imine (C=N–C) groups is 1. The lowest BCUT2D eigenvalue weighted by atomic mass is 10.1. The number of hydrogen-bond donors (Lipinski definition) is 2. The molecule has 4 heteroatoms. The summed E-state index contributed by atoms with van der Waals surface area (Å²) in [6.45, 7) is 6.85. The Bertz CT molecular complexity index is 210. The van der Waals surface area contributed by atoms with E-state index in [0.717, 1.165) is 25.6 Å². The van der Waals surface area contributed by atoms with Crippen LogP contribution in [0.15, 0.2) is 4.99 Å². The van der Waals surface area contributed by atoms with E-state index in [0.29, 0.717) is 12.0 Å². The third-order valence-electron chi connectivity index (χ3n) is 3.06. The molecule has 1 saturated carbocycles. The highest BCUT2D eigenvalue weighted by Crippen LogP contribution is 2.27. The molecule has 1 rings (SSSR count). The lowest BCUT2D eigenvalue weighted by molar-refractivity contribution is 0.0742. The Labute approximate surface area is 98.9 Å². The molecule has 16 heavy (non-hydrogen) atoms. The number of guanidine groups is 1. The highest BCUT2D eigenvalue weighted by atomic mass is 16.5. The molecule has 0 spiro atoms. The van der Waals surface area contributed by atoms with Gasteiger partial charge in [0, 0.05) is 32.7 Å². The third-order valence-corrected chi connectivity index (χ3v) is 3.06. The van der Waals surface area contributed by atoms with Gasteiger partial charge in [-0.05, 0) is 26.7 Å². The molecule has 2 N–H and O–H groups in total. The molecule has 1 fully saturated rings. The molecule has 2 atom stereocenters. The molecule has 0 aromatic heterocycles. The summed E-state index contributed by atoms with van der Waals surface area (Å²) >= 11 is 0. The van der Waals surface area contributed by atoms with E-state index in [2.05, 4.69) is 29.5 Å². The molecule has 1 aliphatic rings. The van der Waals surface area contributed by atoms with Crippen molar-refractivity contribution >= 4 is 5.96 Å². The van der Waals surface area contributed by atoms with Crippen molar-refractivity contribution in [3.63, 3.8) is 0 Å². The maximum Gasteiger partial charge on any atom is 0.191 e. The largest absolute Gasteiger partial charge is 0.381 e. The van der Waals surface area contributed by atoms with Gasteiger partial charge < -0.3 is 15.4 Å². The molecule has 0 bridgehead atoms. The van der Waals surface area contributed by atoms with E-state index in [4.69, 9.17) is 4.74 Å². The number of rotatable bonds is 5. The van der Waals surface area contributed by atoms with Gasteiger partial charge in [-0.15, -0.1) is 0 Å². The van der Waals surface area contributed by atoms with Crippen molar-refractivity contribution in [2.24, 2.45) is 10.9 Å². The van der Waals surface area contributed by atoms with Crippen LogP contribution in [0.4, 0.5) is 0 Å². The Hall–Kier alpha value is -0.770. The normalized spacial score (nSPS) is 24.2. The fourth-order valence-electron chi connectivity index (χ4n) is 2.24. The summed E-state index contributed by atoms with van der Waals surface area (Å²) in [7, 11) is 1.81. The summed E-state index contributed by atoms with van der Waals surface area (Å²) in [5.41, 5.74) is 0. The van der Waals surface area contributed by atoms with Crippen LogP contribution in [0.2, 0.25) is 0 Å². The Morgan fingerprint density at radius 3 is 2.50 bits per heavy atom. The first-order valence-corrected chi connectivity index (χ1v) is 6.36. The number of hydrogen-bond acceptors (Lipinski definition) is 2. The van der Waals surface area contributed by atoms with Crippen LogP contribution in [-0.2, 0) is 4.74 Å². The molecule has 0 unspecified atom stereocenters. The number of nitrogens with one attached hydrogen (secondary N) is 2. The van der Waals surface area contributed by atoms with E-state index in [-0.39, 0.29) is 0 Å². The third kappa shape index (κ3) is 4.00. The van der Waals surface area contributed by atoms with Gasteiger partial charge in [0.1, 0.15) is 0 Å². The minimum absolute atomic E-state index is 0.410. The molecule has 0 aromatic carbocycles. The maximum absolute atomic E-state index is 5.47. The van der Waals surface area contributed by atoms with E-state index in [1.807, 2.05) is 7.11 Å². The molecule has 4 nitrogen and oxygen atoms in total. The van der Waals surface area contributed by atoms with Gasteiger partial charge in [0.15, 0.2) is 5.96 Å². The van der Waals surface area contributed by atoms with Crippen molar-refractivity contribution in [3.05, 3.63) is 0 Å². The smallest absolute Gasteiger partial charge is 0.191 e. The zero-order valence-corrected chi connectivity index (χ0v) is 10.8. The lowest BCUT2D eigenvalue weighted by Crippen LogP contribution is -2.37. The van der Waals surface area contributed by atoms with Gasteiger partial charge in [0.25, 0.3) is 0 Å². The first-order valence-electron chi connectivity index (χ1n) is 6.36. The van der Waals surface area contributed by atoms with E-state index < -0.39 is 0 Å². The van der Waals surface area contributed by atoms with E-state index in [1.165, 1.54) is 19.3 Å². The molecule has 0 aromatic rings. The van der Waals surface area contributed by atoms with Crippen LogP contribution < -0.4 is 10.6 Å². The fourth-order valence-corrected chi connectivity index (χ4v) is 2.24. The van der Waals surface area contributed by atoms with Gasteiger partial charge in [-0.1, -0.05) is 6.42 Å². The van der Waals surface area contributed by atoms with E-state index in [1.54, 1.807) is 0 Å². The molecule has 0 amide bonds. The summed E-state index contributed by atoms with van der Waals surface area (Å²) < 4.78 is 5.47. The maximum atomic E-state index is 5.47. The fraction of sp³-hybridized carbons (Fsp3) is 0.917. The molecule has 0 aliphatic heterocycles. The zero-order chi connectivity index (χ0) is 11.8. The average molecular weight is 227 g/mol. The highest BCUT2D eigenvalue weighted by molar-refractivity contribution is 5.79. The second-order valence-electron chi connectivity index (χ2n) is 4.22. The van der Waals surface area contributed by atoms with Crippen molar-refractivity contribution in [1.82, 2.24) is 10.6 Å². The minimum Gasteiger partial charge on any atom is -0.381 e. The van der Waals surface area contributed by atoms with Crippen LogP contribution in [-0.4, -0.2) is 38.8 Å². The van der Waals surface area contributed by atoms with Gasteiger partial charge in [-0.2, -0.15) is 0 Å². The first-order chi connectivity index (χ1) is 7.81. The summed E-state index contributed by atoms with van der Waals surface area (Å²) in [4.78, 5) is 4.60. The quantitative estimate of drug-likeness (QED) is 0.551. The Morgan fingerprint density at radius 2 is 1.94 bits per heavy atom. The standard InChI is InChI=1S/C12H25N3O/c1-4-13-12(14-5-2)15-9-10-7-6-8-11(10)16-3/h10-11H,4-9H2,1-3H3,(H2,13,14,15)/t10-,11+/m0/s1. The van der Waals surface area contributed by atoms with Gasteiger partial charge in [-0.25, -0.2) is 0 Å². The molecule has 1 aliphatic carbocycles. The van der Waals surface area contributed by atoms with E-state index in [9.17, 15) is 0 Å². The summed E-state index contributed by atoms with van der Waals surface area (Å²) in [6.07, 6.45) is 4.12. The van der Waals surface area contributed by atoms with Gasteiger partial charge in [-0.3, -0.25) is 4.99 Å². The Balaban J connectivity index is 2.41. The van der Waals surface area contributed by atoms with Crippen LogP contribution in [0, 0.1) is 5.92 Å². The number of nitrogens with zero attached hydrogens (tertiary/aromatic N) is 1. The van der Waals surface area contributed by atoms with Crippen molar-refractivity contribution in [3.8, 4) is 0 Å². The molecule has 0 heterocycles. The average Bonchev–Trinajstić information content (AvgIpc) is 2.74. The minimum atomic E-state index is 0.410. The predicted octanol–water partition coefficient (Wildman–Crippen LogP) is 1.38. The van der Waals surface area contributed by atoms with Crippen LogP contribution >= 0.6 is 0 Å². The summed E-state index contributed by atoms with van der Waals surface area (Å²) in [6, 6.07) is 0. The second-order valence-corrected chi connectivity index (χ2v) is 4.22. The van der Waals surface area contributed by atoms with Gasteiger partial charge in [0.05, 0.1) is 6.10 Å². The van der Waals surface area contributed by atoms with Crippen LogP contribution in [0.3, 0.4) is 0 Å². The lowest BCUT2D eigenvalue weighted by Gasteiger charge is -2.17. The van der Waals surface area contributed by atoms with Crippen molar-refractivity contribution in [2.45, 2.75) is 39.2 Å². The van der Waals surface area contributed by atoms with Crippen molar-refractivity contribution in [2.75, 3.05) is 26.7 Å². The van der Waals surface area contributed by atoms with Gasteiger partial charge in [0.2, 0.25) is 0 Å². The topological polar surface area (TPSA) is 45.7 Å². The van der Waals surface area contributed by atoms with E-state index >= 15 is 0 Å². The second kappa shape index (κ2) is 7.49. The zero-order valence-electron chi connectivity index (χ0n) is 10.8. The monoisotopic (exact) mass is 227 g/mol. The highest BCUT2D eigenvalue weighted by Gasteiger charge is 2.26. The SMILES string of the molecule is CCNC(=NC[C@@H]1CCC[C@H]1OC)NCC. The molecule has 0 radical (unpaired) electrons. The van der Waals surface area contributed by atoms with Crippen LogP contribution in [0.25, 0.3) is 0 Å². The van der Waals surface area contributed by atoms with Crippen LogP contribution in [0.1, 0.15) is 33.1 Å². The summed E-state index contributed by atoms with van der Waals surface area (Å²) in [5, 5.41) is 6.48. The number of ether oxygens (including phenoxy) is 1. The first kappa shape index (κ1) is 13.3. The predicted molar refractivity (Wildman–Crippen MR) is 67.8 cm³/mol. The molecular weight excluding hydrogens is 202 g/mol. The molecule has 94 valence electrons. The Kier molecular flexibility index (Phi) is 6.23. The number of methoxy groups -OCH3 is 1.